The summed E-state index contributed by atoms with van der Waals surface area (Å²) >= 11 is 0. The number of hydrogen-bond acceptors (Lipinski definition) is 3. The fraction of sp³-hybridized carbons (Fsp3) is 0.467. The van der Waals surface area contributed by atoms with Crippen LogP contribution >= 0.6 is 0 Å². The standard InChI is InChI=1S/C15H16N2O3/c18-13(19)11-8-9-4-3-7-17(9)15(11)10-5-1-2-6-12(10)16-14(15)20/h1-2,5-6,9,11H,3-4,7-8H2,(H,16,20)(H,18,19). The van der Waals surface area contributed by atoms with E-state index in [1.165, 1.54) is 0 Å². The fourth-order valence-electron chi connectivity index (χ4n) is 4.36. The van der Waals surface area contributed by atoms with Crippen LogP contribution in [0.1, 0.15) is 24.8 Å². The molecule has 104 valence electrons. The van der Waals surface area contributed by atoms with Crippen molar-refractivity contribution in [2.45, 2.75) is 30.8 Å². The van der Waals surface area contributed by atoms with Gasteiger partial charge in [0.05, 0.1) is 5.92 Å². The van der Waals surface area contributed by atoms with Crippen LogP contribution < -0.4 is 5.32 Å². The highest BCUT2D eigenvalue weighted by Gasteiger charge is 2.65. The number of anilines is 1. The summed E-state index contributed by atoms with van der Waals surface area (Å²) in [6, 6.07) is 7.70. The third-order valence-corrected chi connectivity index (χ3v) is 5.07. The molecule has 3 unspecified atom stereocenters. The average molecular weight is 272 g/mol. The monoisotopic (exact) mass is 272 g/mol. The molecular weight excluding hydrogens is 256 g/mol. The van der Waals surface area contributed by atoms with Gasteiger partial charge in [-0.05, 0) is 31.9 Å². The molecule has 20 heavy (non-hydrogen) atoms. The Bertz CT molecular complexity index is 615. The van der Waals surface area contributed by atoms with E-state index in [2.05, 4.69) is 10.2 Å². The summed E-state index contributed by atoms with van der Waals surface area (Å²) in [5.74, 6) is -1.70. The van der Waals surface area contributed by atoms with E-state index in [1.54, 1.807) is 0 Å². The second kappa shape index (κ2) is 3.82. The molecule has 4 rings (SSSR count). The van der Waals surface area contributed by atoms with Crippen LogP contribution in [-0.4, -0.2) is 34.5 Å². The molecule has 2 N–H and O–H groups in total. The summed E-state index contributed by atoms with van der Waals surface area (Å²) in [5.41, 5.74) is 0.599. The van der Waals surface area contributed by atoms with Crippen molar-refractivity contribution in [1.82, 2.24) is 4.90 Å². The molecule has 3 aliphatic heterocycles. The topological polar surface area (TPSA) is 69.6 Å². The van der Waals surface area contributed by atoms with Gasteiger partial charge < -0.3 is 10.4 Å². The van der Waals surface area contributed by atoms with Gasteiger partial charge in [0.2, 0.25) is 0 Å². The Morgan fingerprint density at radius 1 is 1.40 bits per heavy atom. The average Bonchev–Trinajstić information content (AvgIpc) is 3.05. The molecule has 1 spiro atoms. The molecule has 0 aliphatic carbocycles. The number of nitrogens with one attached hydrogen (secondary N) is 1. The lowest BCUT2D eigenvalue weighted by Gasteiger charge is -2.35. The molecule has 5 nitrogen and oxygen atoms in total. The number of carbonyl (C=O) groups is 2. The highest BCUT2D eigenvalue weighted by atomic mass is 16.4. The van der Waals surface area contributed by atoms with Crippen LogP contribution in [0.2, 0.25) is 0 Å². The van der Waals surface area contributed by atoms with Crippen LogP contribution in [0.15, 0.2) is 24.3 Å². The van der Waals surface area contributed by atoms with Crippen LogP contribution in [-0.2, 0) is 15.1 Å². The van der Waals surface area contributed by atoms with Gasteiger partial charge >= 0.3 is 5.97 Å². The zero-order chi connectivity index (χ0) is 13.9. The molecular formula is C15H16N2O3. The van der Waals surface area contributed by atoms with Gasteiger partial charge in [0.15, 0.2) is 0 Å². The van der Waals surface area contributed by atoms with Gasteiger partial charge in [-0.3, -0.25) is 14.5 Å². The van der Waals surface area contributed by atoms with E-state index in [1.807, 2.05) is 24.3 Å². The number of benzene rings is 1. The zero-order valence-electron chi connectivity index (χ0n) is 11.0. The molecule has 2 fully saturated rings. The number of nitrogens with zero attached hydrogens (tertiary/aromatic N) is 1. The molecule has 3 heterocycles. The molecule has 3 aliphatic rings. The van der Waals surface area contributed by atoms with Crippen molar-refractivity contribution < 1.29 is 14.7 Å². The molecule has 5 heteroatoms. The first-order valence-electron chi connectivity index (χ1n) is 7.06. The summed E-state index contributed by atoms with van der Waals surface area (Å²) in [7, 11) is 0. The second-order valence-electron chi connectivity index (χ2n) is 5.88. The first kappa shape index (κ1) is 11.9. The van der Waals surface area contributed by atoms with Gasteiger partial charge in [-0.2, -0.15) is 0 Å². The Morgan fingerprint density at radius 3 is 3.00 bits per heavy atom. The van der Waals surface area contributed by atoms with Crippen LogP contribution in [0, 0.1) is 5.92 Å². The minimum atomic E-state index is -0.996. The maximum atomic E-state index is 12.7. The van der Waals surface area contributed by atoms with Crippen LogP contribution in [0.5, 0.6) is 0 Å². The number of para-hydroxylation sites is 1. The lowest BCUT2D eigenvalue weighted by molar-refractivity contribution is -0.149. The van der Waals surface area contributed by atoms with Gasteiger partial charge in [-0.15, -0.1) is 0 Å². The number of carboxylic acid groups (broad SMARTS) is 1. The van der Waals surface area contributed by atoms with Crippen molar-refractivity contribution in [3.63, 3.8) is 0 Å². The minimum Gasteiger partial charge on any atom is -0.481 e. The van der Waals surface area contributed by atoms with Crippen LogP contribution in [0.25, 0.3) is 0 Å². The highest BCUT2D eigenvalue weighted by molar-refractivity contribution is 6.08. The number of fused-ring (bicyclic) bond motifs is 4. The largest absolute Gasteiger partial charge is 0.481 e. The molecule has 0 bridgehead atoms. The van der Waals surface area contributed by atoms with E-state index < -0.39 is 17.4 Å². The van der Waals surface area contributed by atoms with Gasteiger partial charge in [0, 0.05) is 17.3 Å². The SMILES string of the molecule is O=C(O)C1CC2CCCN2C12C(=O)Nc1ccccc12. The quantitative estimate of drug-likeness (QED) is 0.811. The molecule has 3 atom stereocenters. The summed E-state index contributed by atoms with van der Waals surface area (Å²) in [4.78, 5) is 26.6. The molecule has 0 aromatic heterocycles. The molecule has 2 saturated heterocycles. The minimum absolute atomic E-state index is 0.171. The first-order valence-corrected chi connectivity index (χ1v) is 7.06. The van der Waals surface area contributed by atoms with E-state index in [0.717, 1.165) is 30.6 Å². The smallest absolute Gasteiger partial charge is 0.309 e. The molecule has 1 aromatic carbocycles. The van der Waals surface area contributed by atoms with Gasteiger partial charge in [0.1, 0.15) is 5.54 Å². The van der Waals surface area contributed by atoms with Crippen molar-refractivity contribution in [3.05, 3.63) is 29.8 Å². The lowest BCUT2D eigenvalue weighted by Crippen LogP contribution is -2.52. The molecule has 1 amide bonds. The number of aliphatic carboxylic acids is 1. The van der Waals surface area contributed by atoms with E-state index >= 15 is 0 Å². The van der Waals surface area contributed by atoms with E-state index in [-0.39, 0.29) is 11.9 Å². The number of carbonyl (C=O) groups excluding carboxylic acids is 1. The maximum Gasteiger partial charge on any atom is 0.309 e. The van der Waals surface area contributed by atoms with Crippen molar-refractivity contribution in [1.29, 1.82) is 0 Å². The third kappa shape index (κ3) is 1.21. The summed E-state index contributed by atoms with van der Waals surface area (Å²) in [6.45, 7) is 0.802. The number of rotatable bonds is 1. The van der Waals surface area contributed by atoms with Gasteiger partial charge in [0.25, 0.3) is 5.91 Å². The number of hydrogen-bond donors (Lipinski definition) is 2. The maximum absolute atomic E-state index is 12.7. The summed E-state index contributed by atoms with van der Waals surface area (Å²) in [5, 5.41) is 12.5. The van der Waals surface area contributed by atoms with Gasteiger partial charge in [-0.1, -0.05) is 18.2 Å². The molecule has 0 radical (unpaired) electrons. The zero-order valence-corrected chi connectivity index (χ0v) is 11.0. The Hall–Kier alpha value is -1.88. The van der Waals surface area contributed by atoms with Crippen molar-refractivity contribution in [2.75, 3.05) is 11.9 Å². The molecule has 0 saturated carbocycles. The van der Waals surface area contributed by atoms with Crippen molar-refractivity contribution in [2.24, 2.45) is 5.92 Å². The van der Waals surface area contributed by atoms with E-state index in [9.17, 15) is 14.7 Å². The van der Waals surface area contributed by atoms with E-state index in [0.29, 0.717) is 6.42 Å². The van der Waals surface area contributed by atoms with Crippen LogP contribution in [0.3, 0.4) is 0 Å². The predicted octanol–water partition coefficient (Wildman–Crippen LogP) is 1.40. The summed E-state index contributed by atoms with van der Waals surface area (Å²) < 4.78 is 0. The molecule has 1 aromatic rings. The Morgan fingerprint density at radius 2 is 2.20 bits per heavy atom. The van der Waals surface area contributed by atoms with Gasteiger partial charge in [-0.25, -0.2) is 0 Å². The lowest BCUT2D eigenvalue weighted by atomic mass is 9.79. The van der Waals surface area contributed by atoms with Crippen LogP contribution in [0.4, 0.5) is 5.69 Å². The Labute approximate surface area is 116 Å². The van der Waals surface area contributed by atoms with Crippen molar-refractivity contribution >= 4 is 17.6 Å². The highest BCUT2D eigenvalue weighted by Crippen LogP contribution is 2.55. The third-order valence-electron chi connectivity index (χ3n) is 5.07. The second-order valence-corrected chi connectivity index (χ2v) is 5.88. The normalized spacial score (nSPS) is 35.1. The first-order chi connectivity index (χ1) is 9.65. The van der Waals surface area contributed by atoms with E-state index in [4.69, 9.17) is 0 Å². The van der Waals surface area contributed by atoms with Crippen molar-refractivity contribution in [3.8, 4) is 0 Å². The Balaban J connectivity index is 1.96. The fourth-order valence-corrected chi connectivity index (χ4v) is 4.36. The Kier molecular flexibility index (Phi) is 2.27. The number of amides is 1. The predicted molar refractivity (Wildman–Crippen MR) is 72.2 cm³/mol. The number of carboxylic acids is 1. The summed E-state index contributed by atoms with van der Waals surface area (Å²) in [6.07, 6.45) is 2.59.